The smallest absolute Gasteiger partial charge is 0.320 e. The molecule has 4 nitrogen and oxygen atoms in total. The molecule has 0 aromatic rings. The van der Waals surface area contributed by atoms with Crippen molar-refractivity contribution in [3.63, 3.8) is 0 Å². The summed E-state index contributed by atoms with van der Waals surface area (Å²) in [6, 6.07) is 1.42. The van der Waals surface area contributed by atoms with Gasteiger partial charge in [-0.3, -0.25) is 14.6 Å². The van der Waals surface area contributed by atoms with Crippen molar-refractivity contribution >= 4 is 5.97 Å². The van der Waals surface area contributed by atoms with E-state index >= 15 is 0 Å². The number of hydrogen-bond donors (Lipinski definition) is 1. The SMILES string of the molecule is CC(C(=O)O)N(C)C1CC(C)N(C2CC2)C1. The predicted molar refractivity (Wildman–Crippen MR) is 62.5 cm³/mol. The molecule has 1 saturated carbocycles. The van der Waals surface area contributed by atoms with E-state index in [-0.39, 0.29) is 6.04 Å². The number of hydrogen-bond acceptors (Lipinski definition) is 3. The molecular formula is C12H22N2O2. The fourth-order valence-corrected chi connectivity index (χ4v) is 2.73. The Morgan fingerprint density at radius 2 is 2.12 bits per heavy atom. The van der Waals surface area contributed by atoms with E-state index < -0.39 is 5.97 Å². The van der Waals surface area contributed by atoms with Gasteiger partial charge in [0.1, 0.15) is 6.04 Å². The van der Waals surface area contributed by atoms with E-state index in [9.17, 15) is 4.79 Å². The van der Waals surface area contributed by atoms with Crippen LogP contribution in [0.25, 0.3) is 0 Å². The molecule has 2 rings (SSSR count). The maximum atomic E-state index is 11.0. The Morgan fingerprint density at radius 1 is 1.50 bits per heavy atom. The number of nitrogens with zero attached hydrogens (tertiary/aromatic N) is 2. The van der Waals surface area contributed by atoms with Crippen molar-refractivity contribution in [3.8, 4) is 0 Å². The lowest BCUT2D eigenvalue weighted by Gasteiger charge is -2.28. The highest BCUT2D eigenvalue weighted by molar-refractivity contribution is 5.72. The fourth-order valence-electron chi connectivity index (χ4n) is 2.73. The van der Waals surface area contributed by atoms with E-state index in [0.717, 1.165) is 19.0 Å². The molecule has 2 fully saturated rings. The van der Waals surface area contributed by atoms with Gasteiger partial charge in [-0.05, 0) is 40.2 Å². The minimum atomic E-state index is -0.722. The van der Waals surface area contributed by atoms with E-state index in [0.29, 0.717) is 12.1 Å². The molecular weight excluding hydrogens is 204 g/mol. The third-order valence-electron chi connectivity index (χ3n) is 4.16. The van der Waals surface area contributed by atoms with Crippen LogP contribution in [0.5, 0.6) is 0 Å². The minimum Gasteiger partial charge on any atom is -0.480 e. The Kier molecular flexibility index (Phi) is 3.22. The first-order valence-electron chi connectivity index (χ1n) is 6.21. The van der Waals surface area contributed by atoms with Crippen molar-refractivity contribution in [3.05, 3.63) is 0 Å². The maximum absolute atomic E-state index is 11.0. The van der Waals surface area contributed by atoms with Gasteiger partial charge in [0, 0.05) is 24.7 Å². The molecule has 1 aliphatic heterocycles. The third kappa shape index (κ3) is 2.23. The second-order valence-corrected chi connectivity index (χ2v) is 5.35. The molecule has 0 spiro atoms. The molecule has 92 valence electrons. The lowest BCUT2D eigenvalue weighted by molar-refractivity contribution is -0.142. The number of likely N-dealkylation sites (N-methyl/N-ethyl adjacent to an activating group) is 1. The molecule has 0 amide bonds. The highest BCUT2D eigenvalue weighted by atomic mass is 16.4. The van der Waals surface area contributed by atoms with Crippen LogP contribution in [0.2, 0.25) is 0 Å². The zero-order chi connectivity index (χ0) is 11.9. The first-order chi connectivity index (χ1) is 7.50. The van der Waals surface area contributed by atoms with Gasteiger partial charge in [0.2, 0.25) is 0 Å². The summed E-state index contributed by atoms with van der Waals surface area (Å²) in [5, 5.41) is 9.01. The summed E-state index contributed by atoms with van der Waals surface area (Å²) in [6.45, 7) is 5.07. The summed E-state index contributed by atoms with van der Waals surface area (Å²) in [5.41, 5.74) is 0. The standard InChI is InChI=1S/C12H22N2O2/c1-8-6-11(7-14(8)10-4-5-10)13(3)9(2)12(15)16/h8-11H,4-7H2,1-3H3,(H,15,16). The van der Waals surface area contributed by atoms with Crippen LogP contribution in [0.4, 0.5) is 0 Å². The summed E-state index contributed by atoms with van der Waals surface area (Å²) in [6.07, 6.45) is 3.76. The number of carboxylic acids is 1. The van der Waals surface area contributed by atoms with E-state index in [1.54, 1.807) is 6.92 Å². The number of aliphatic carboxylic acids is 1. The van der Waals surface area contributed by atoms with Crippen molar-refractivity contribution in [2.24, 2.45) is 0 Å². The number of carbonyl (C=O) groups is 1. The van der Waals surface area contributed by atoms with Crippen molar-refractivity contribution in [2.45, 2.75) is 57.3 Å². The summed E-state index contributed by atoms with van der Waals surface area (Å²) < 4.78 is 0. The van der Waals surface area contributed by atoms with Gasteiger partial charge in [-0.15, -0.1) is 0 Å². The lowest BCUT2D eigenvalue weighted by atomic mass is 10.1. The van der Waals surface area contributed by atoms with Gasteiger partial charge >= 0.3 is 5.97 Å². The largest absolute Gasteiger partial charge is 0.480 e. The van der Waals surface area contributed by atoms with Crippen LogP contribution in [0.1, 0.15) is 33.1 Å². The Labute approximate surface area is 97.2 Å². The molecule has 0 aromatic heterocycles. The molecule has 2 aliphatic rings. The van der Waals surface area contributed by atoms with Gasteiger partial charge in [0.25, 0.3) is 0 Å². The molecule has 0 aromatic carbocycles. The molecule has 3 unspecified atom stereocenters. The van der Waals surface area contributed by atoms with Crippen LogP contribution in [0, 0.1) is 0 Å². The minimum absolute atomic E-state index is 0.378. The normalized spacial score (nSPS) is 33.2. The van der Waals surface area contributed by atoms with Crippen molar-refractivity contribution < 1.29 is 9.90 Å². The summed E-state index contributed by atoms with van der Waals surface area (Å²) in [4.78, 5) is 15.5. The summed E-state index contributed by atoms with van der Waals surface area (Å²) >= 11 is 0. The van der Waals surface area contributed by atoms with Gasteiger partial charge in [-0.1, -0.05) is 0 Å². The van der Waals surface area contributed by atoms with Crippen molar-refractivity contribution in [2.75, 3.05) is 13.6 Å². The van der Waals surface area contributed by atoms with E-state index in [4.69, 9.17) is 5.11 Å². The van der Waals surface area contributed by atoms with Gasteiger partial charge in [-0.2, -0.15) is 0 Å². The zero-order valence-corrected chi connectivity index (χ0v) is 10.4. The average molecular weight is 226 g/mol. The van der Waals surface area contributed by atoms with Gasteiger partial charge in [-0.25, -0.2) is 0 Å². The maximum Gasteiger partial charge on any atom is 0.320 e. The second kappa shape index (κ2) is 4.34. The number of rotatable bonds is 4. The van der Waals surface area contributed by atoms with Crippen LogP contribution in [-0.4, -0.2) is 58.6 Å². The van der Waals surface area contributed by atoms with Crippen LogP contribution in [-0.2, 0) is 4.79 Å². The zero-order valence-electron chi connectivity index (χ0n) is 10.4. The van der Waals surface area contributed by atoms with E-state index in [1.165, 1.54) is 12.8 Å². The Morgan fingerprint density at radius 3 is 2.62 bits per heavy atom. The first-order valence-corrected chi connectivity index (χ1v) is 6.21. The van der Waals surface area contributed by atoms with Crippen LogP contribution in [0.3, 0.4) is 0 Å². The summed E-state index contributed by atoms with van der Waals surface area (Å²) in [5.74, 6) is -0.722. The highest BCUT2D eigenvalue weighted by Gasteiger charge is 2.41. The molecule has 1 N–H and O–H groups in total. The molecule has 4 heteroatoms. The molecule has 0 bridgehead atoms. The Bertz CT molecular complexity index is 278. The third-order valence-corrected chi connectivity index (χ3v) is 4.16. The molecule has 1 aliphatic carbocycles. The molecule has 3 atom stereocenters. The van der Waals surface area contributed by atoms with Crippen LogP contribution < -0.4 is 0 Å². The Hall–Kier alpha value is -0.610. The summed E-state index contributed by atoms with van der Waals surface area (Å²) in [7, 11) is 1.94. The quantitative estimate of drug-likeness (QED) is 0.777. The van der Waals surface area contributed by atoms with Crippen LogP contribution in [0.15, 0.2) is 0 Å². The van der Waals surface area contributed by atoms with Crippen LogP contribution >= 0.6 is 0 Å². The molecule has 1 saturated heterocycles. The second-order valence-electron chi connectivity index (χ2n) is 5.35. The highest BCUT2D eigenvalue weighted by Crippen LogP contribution is 2.34. The van der Waals surface area contributed by atoms with Gasteiger partial charge in [0.15, 0.2) is 0 Å². The van der Waals surface area contributed by atoms with Crippen molar-refractivity contribution in [1.29, 1.82) is 0 Å². The lowest BCUT2D eigenvalue weighted by Crippen LogP contribution is -2.44. The average Bonchev–Trinajstić information content (AvgIpc) is 3.00. The number of likely N-dealkylation sites (tertiary alicyclic amines) is 1. The van der Waals surface area contributed by atoms with E-state index in [2.05, 4.69) is 11.8 Å². The number of carboxylic acid groups (broad SMARTS) is 1. The fraction of sp³-hybridized carbons (Fsp3) is 0.917. The Balaban J connectivity index is 1.93. The topological polar surface area (TPSA) is 43.8 Å². The predicted octanol–water partition coefficient (Wildman–Crippen LogP) is 1.02. The molecule has 16 heavy (non-hydrogen) atoms. The monoisotopic (exact) mass is 226 g/mol. The van der Waals surface area contributed by atoms with Gasteiger partial charge < -0.3 is 5.11 Å². The molecule has 1 heterocycles. The van der Waals surface area contributed by atoms with Gasteiger partial charge in [0.05, 0.1) is 0 Å². The molecule has 0 radical (unpaired) electrons. The van der Waals surface area contributed by atoms with Crippen molar-refractivity contribution in [1.82, 2.24) is 9.80 Å². The van der Waals surface area contributed by atoms with E-state index in [1.807, 2.05) is 11.9 Å². The first kappa shape index (κ1) is 11.9.